The monoisotopic (exact) mass is 450 g/mol. The van der Waals surface area contributed by atoms with Gasteiger partial charge < -0.3 is 9.84 Å². The average molecular weight is 451 g/mol. The molecule has 0 radical (unpaired) electrons. The lowest BCUT2D eigenvalue weighted by atomic mass is 10.1. The van der Waals surface area contributed by atoms with Gasteiger partial charge in [-0.05, 0) is 36.1 Å². The lowest BCUT2D eigenvalue weighted by Crippen LogP contribution is -2.51. The number of halogens is 1. The van der Waals surface area contributed by atoms with Gasteiger partial charge in [-0.2, -0.15) is 17.4 Å². The summed E-state index contributed by atoms with van der Waals surface area (Å²) < 4.78 is 35.7. The molecule has 0 bridgehead atoms. The predicted molar refractivity (Wildman–Crippen MR) is 113 cm³/mol. The third-order valence-electron chi connectivity index (χ3n) is 5.96. The fourth-order valence-corrected chi connectivity index (χ4v) is 6.17. The lowest BCUT2D eigenvalue weighted by Gasteiger charge is -2.22. The maximum Gasteiger partial charge on any atom is 0.325 e. The molecule has 0 spiro atoms. The first kappa shape index (κ1) is 21.1. The van der Waals surface area contributed by atoms with Gasteiger partial charge in [0.05, 0.1) is 6.54 Å². The summed E-state index contributed by atoms with van der Waals surface area (Å²) in [7, 11) is -4.01. The minimum atomic E-state index is -4.01. The molecule has 0 amide bonds. The summed E-state index contributed by atoms with van der Waals surface area (Å²) in [6.07, 6.45) is 0.174. The SMILES string of the molecule is CC1[C@H](c2ccccc2)[C@]1(NS(=O)(=O)N1CCC(Oc2cccc(Cl)c2)C1)C(=O)O. The Bertz CT molecular complexity index is 1050. The second-order valence-corrected chi connectivity index (χ2v) is 9.91. The number of nitrogens with zero attached hydrogens (tertiary/aromatic N) is 1. The van der Waals surface area contributed by atoms with Crippen molar-refractivity contribution in [3.05, 3.63) is 65.2 Å². The molecule has 2 aromatic carbocycles. The summed E-state index contributed by atoms with van der Waals surface area (Å²) in [4.78, 5) is 12.1. The van der Waals surface area contributed by atoms with Crippen LogP contribution in [0, 0.1) is 5.92 Å². The van der Waals surface area contributed by atoms with E-state index in [0.717, 1.165) is 5.56 Å². The number of carbonyl (C=O) groups is 1. The first-order chi connectivity index (χ1) is 14.2. The van der Waals surface area contributed by atoms with Crippen molar-refractivity contribution in [2.75, 3.05) is 13.1 Å². The molecule has 1 heterocycles. The van der Waals surface area contributed by atoms with Crippen molar-refractivity contribution in [1.29, 1.82) is 0 Å². The lowest BCUT2D eigenvalue weighted by molar-refractivity contribution is -0.140. The molecule has 160 valence electrons. The molecule has 2 aliphatic rings. The smallest absolute Gasteiger partial charge is 0.325 e. The van der Waals surface area contributed by atoms with Crippen molar-refractivity contribution < 1.29 is 23.1 Å². The largest absolute Gasteiger partial charge is 0.489 e. The van der Waals surface area contributed by atoms with E-state index in [1.807, 2.05) is 30.3 Å². The molecule has 2 unspecified atom stereocenters. The van der Waals surface area contributed by atoms with Gasteiger partial charge in [0, 0.05) is 17.5 Å². The first-order valence-electron chi connectivity index (χ1n) is 9.73. The zero-order valence-corrected chi connectivity index (χ0v) is 17.9. The molecule has 2 aromatic rings. The number of carboxylic acid groups (broad SMARTS) is 1. The number of benzene rings is 2. The maximum atomic E-state index is 13.0. The van der Waals surface area contributed by atoms with Crippen molar-refractivity contribution in [1.82, 2.24) is 9.03 Å². The van der Waals surface area contributed by atoms with Crippen molar-refractivity contribution in [3.63, 3.8) is 0 Å². The molecule has 1 aliphatic carbocycles. The number of nitrogens with one attached hydrogen (secondary N) is 1. The van der Waals surface area contributed by atoms with Crippen LogP contribution in [0.1, 0.15) is 24.8 Å². The highest BCUT2D eigenvalue weighted by Gasteiger charge is 2.70. The number of ether oxygens (including phenoxy) is 1. The van der Waals surface area contributed by atoms with Crippen molar-refractivity contribution in [2.24, 2.45) is 5.92 Å². The van der Waals surface area contributed by atoms with E-state index >= 15 is 0 Å². The normalized spacial score (nSPS) is 28.9. The Labute approximate surface area is 180 Å². The number of carboxylic acids is 1. The van der Waals surface area contributed by atoms with Crippen LogP contribution in [0.2, 0.25) is 5.02 Å². The Balaban J connectivity index is 1.48. The van der Waals surface area contributed by atoms with Crippen molar-refractivity contribution >= 4 is 27.8 Å². The zero-order valence-electron chi connectivity index (χ0n) is 16.4. The zero-order chi connectivity index (χ0) is 21.5. The van der Waals surface area contributed by atoms with Gasteiger partial charge in [0.15, 0.2) is 0 Å². The quantitative estimate of drug-likeness (QED) is 0.676. The van der Waals surface area contributed by atoms with Gasteiger partial charge in [-0.15, -0.1) is 0 Å². The minimum absolute atomic E-state index is 0.141. The van der Waals surface area contributed by atoms with Crippen molar-refractivity contribution in [2.45, 2.75) is 30.9 Å². The summed E-state index contributed by atoms with van der Waals surface area (Å²) in [5, 5.41) is 10.4. The predicted octanol–water partition coefficient (Wildman–Crippen LogP) is 2.88. The number of rotatable bonds is 7. The Morgan fingerprint density at radius 2 is 1.97 bits per heavy atom. The molecule has 4 rings (SSSR count). The first-order valence-corrected chi connectivity index (χ1v) is 11.6. The average Bonchev–Trinajstić information content (AvgIpc) is 3.04. The highest BCUT2D eigenvalue weighted by molar-refractivity contribution is 7.87. The molecule has 1 saturated carbocycles. The van der Waals surface area contributed by atoms with E-state index < -0.39 is 27.6 Å². The molecular formula is C21H23ClN2O5S. The van der Waals surface area contributed by atoms with E-state index in [2.05, 4.69) is 4.72 Å². The van der Waals surface area contributed by atoms with Crippen LogP contribution >= 0.6 is 11.6 Å². The Morgan fingerprint density at radius 3 is 2.63 bits per heavy atom. The Morgan fingerprint density at radius 1 is 1.23 bits per heavy atom. The van der Waals surface area contributed by atoms with Gasteiger partial charge in [-0.1, -0.05) is 54.9 Å². The molecule has 7 nitrogen and oxygen atoms in total. The molecule has 30 heavy (non-hydrogen) atoms. The van der Waals surface area contributed by atoms with E-state index in [0.29, 0.717) is 17.2 Å². The van der Waals surface area contributed by atoms with Crippen LogP contribution < -0.4 is 9.46 Å². The molecular weight excluding hydrogens is 428 g/mol. The molecule has 2 fully saturated rings. The van der Waals surface area contributed by atoms with E-state index in [-0.39, 0.29) is 25.1 Å². The number of hydrogen-bond donors (Lipinski definition) is 2. The van der Waals surface area contributed by atoms with Crippen LogP contribution in [0.15, 0.2) is 54.6 Å². The molecule has 1 saturated heterocycles. The Kier molecular flexibility index (Phi) is 5.52. The van der Waals surface area contributed by atoms with Crippen LogP contribution in [0.4, 0.5) is 0 Å². The molecule has 2 N–H and O–H groups in total. The van der Waals surface area contributed by atoms with Crippen LogP contribution in [0.25, 0.3) is 0 Å². The second-order valence-electron chi connectivity index (χ2n) is 7.80. The van der Waals surface area contributed by atoms with E-state index in [9.17, 15) is 18.3 Å². The van der Waals surface area contributed by atoms with Crippen LogP contribution in [-0.2, 0) is 15.0 Å². The second kappa shape index (κ2) is 7.85. The maximum absolute atomic E-state index is 13.0. The van der Waals surface area contributed by atoms with Gasteiger partial charge in [0.25, 0.3) is 10.2 Å². The molecule has 9 heteroatoms. The van der Waals surface area contributed by atoms with Gasteiger partial charge in [-0.3, -0.25) is 4.79 Å². The fourth-order valence-electron chi connectivity index (χ4n) is 4.32. The van der Waals surface area contributed by atoms with E-state index in [1.54, 1.807) is 31.2 Å². The van der Waals surface area contributed by atoms with Crippen LogP contribution in [-0.4, -0.2) is 48.5 Å². The molecule has 1 aliphatic heterocycles. The highest BCUT2D eigenvalue weighted by atomic mass is 35.5. The summed E-state index contributed by atoms with van der Waals surface area (Å²) in [5.41, 5.74) is -0.745. The highest BCUT2D eigenvalue weighted by Crippen LogP contribution is 2.58. The van der Waals surface area contributed by atoms with Crippen LogP contribution in [0.3, 0.4) is 0 Å². The van der Waals surface area contributed by atoms with Crippen molar-refractivity contribution in [3.8, 4) is 5.75 Å². The summed E-state index contributed by atoms with van der Waals surface area (Å²) in [6, 6.07) is 16.1. The number of aliphatic carboxylic acids is 1. The van der Waals surface area contributed by atoms with E-state index in [4.69, 9.17) is 16.3 Å². The fraction of sp³-hybridized carbons (Fsp3) is 0.381. The molecule has 4 atom stereocenters. The third kappa shape index (κ3) is 3.80. The van der Waals surface area contributed by atoms with Gasteiger partial charge in [-0.25, -0.2) is 0 Å². The number of hydrogen-bond acceptors (Lipinski definition) is 4. The van der Waals surface area contributed by atoms with Gasteiger partial charge in [0.2, 0.25) is 0 Å². The topological polar surface area (TPSA) is 95.9 Å². The summed E-state index contributed by atoms with van der Waals surface area (Å²) in [5.74, 6) is -1.39. The minimum Gasteiger partial charge on any atom is -0.489 e. The van der Waals surface area contributed by atoms with Gasteiger partial charge in [0.1, 0.15) is 17.4 Å². The molecule has 0 aromatic heterocycles. The van der Waals surface area contributed by atoms with Crippen LogP contribution in [0.5, 0.6) is 5.75 Å². The standard InChI is InChI=1S/C21H23ClN2O5S/c1-14-19(15-6-3-2-4-7-15)21(14,20(25)26)23-30(27,28)24-11-10-18(13-24)29-17-9-5-8-16(22)12-17/h2-9,12,14,18-19,23H,10-11,13H2,1H3,(H,25,26)/t14?,18?,19-,21+/m1/s1. The summed E-state index contributed by atoms with van der Waals surface area (Å²) >= 11 is 5.97. The third-order valence-corrected chi connectivity index (χ3v) is 7.80. The summed E-state index contributed by atoms with van der Waals surface area (Å²) in [6.45, 7) is 2.14. The Hall–Kier alpha value is -2.13. The van der Waals surface area contributed by atoms with Gasteiger partial charge >= 0.3 is 5.97 Å². The van der Waals surface area contributed by atoms with E-state index in [1.165, 1.54) is 4.31 Å².